The highest BCUT2D eigenvalue weighted by Gasteiger charge is 2.47. The Morgan fingerprint density at radius 2 is 1.54 bits per heavy atom. The monoisotopic (exact) mass is 328 g/mol. The van der Waals surface area contributed by atoms with Gasteiger partial charge in [-0.25, -0.2) is 0 Å². The summed E-state index contributed by atoms with van der Waals surface area (Å²) in [4.78, 5) is 51.8. The molecule has 6 nitrogen and oxygen atoms in total. The van der Waals surface area contributed by atoms with E-state index in [4.69, 9.17) is 0 Å². The van der Waals surface area contributed by atoms with Crippen LogP contribution in [0.3, 0.4) is 0 Å². The lowest BCUT2D eigenvalue weighted by Gasteiger charge is -2.24. The second-order valence-corrected chi connectivity index (χ2v) is 7.11. The van der Waals surface area contributed by atoms with Crippen molar-refractivity contribution in [1.82, 2.24) is 9.80 Å². The van der Waals surface area contributed by atoms with Crippen molar-refractivity contribution in [1.29, 1.82) is 0 Å². The number of hydrogen-bond donors (Lipinski definition) is 0. The van der Waals surface area contributed by atoms with Gasteiger partial charge in [-0.1, -0.05) is 11.6 Å². The van der Waals surface area contributed by atoms with Crippen molar-refractivity contribution in [2.24, 2.45) is 11.8 Å². The number of amides is 4. The van der Waals surface area contributed by atoms with E-state index >= 15 is 0 Å². The zero-order chi connectivity index (χ0) is 17.0. The third-order valence-electron chi connectivity index (χ3n) is 5.76. The van der Waals surface area contributed by atoms with Crippen molar-refractivity contribution in [3.05, 3.63) is 22.8 Å². The van der Waals surface area contributed by atoms with Crippen LogP contribution >= 0.6 is 0 Å². The number of rotatable bonds is 2. The molecule has 0 spiro atoms. The maximum Gasteiger partial charge on any atom is 0.257 e. The molecule has 2 aliphatic carbocycles. The van der Waals surface area contributed by atoms with Gasteiger partial charge in [0, 0.05) is 18.2 Å². The lowest BCUT2D eigenvalue weighted by molar-refractivity contribution is -0.139. The van der Waals surface area contributed by atoms with Gasteiger partial charge in [-0.3, -0.25) is 29.0 Å². The van der Waals surface area contributed by atoms with Gasteiger partial charge in [-0.15, -0.1) is 0 Å². The second kappa shape index (κ2) is 5.40. The number of allylic oxidation sites excluding steroid dienone is 1. The molecule has 0 N–H and O–H groups in total. The van der Waals surface area contributed by atoms with Gasteiger partial charge >= 0.3 is 0 Å². The summed E-state index contributed by atoms with van der Waals surface area (Å²) in [6, 6.07) is 0. The predicted octanol–water partition coefficient (Wildman–Crippen LogP) is 1.18. The summed E-state index contributed by atoms with van der Waals surface area (Å²) >= 11 is 0. The van der Waals surface area contributed by atoms with E-state index in [1.165, 1.54) is 16.8 Å². The number of likely N-dealkylation sites (tertiary alicyclic amines) is 1. The zero-order valence-electron chi connectivity index (χ0n) is 13.7. The van der Waals surface area contributed by atoms with Crippen LogP contribution in [-0.4, -0.2) is 47.0 Å². The maximum absolute atomic E-state index is 12.5. The van der Waals surface area contributed by atoms with Crippen molar-refractivity contribution in [3.8, 4) is 0 Å². The fraction of sp³-hybridized carbons (Fsp3) is 0.556. The number of hydrogen-bond acceptors (Lipinski definition) is 4. The van der Waals surface area contributed by atoms with Gasteiger partial charge in [0.05, 0.1) is 18.4 Å². The molecule has 0 radical (unpaired) electrons. The molecule has 4 amide bonds. The average Bonchev–Trinajstić information content (AvgIpc) is 2.96. The molecule has 0 saturated carbocycles. The van der Waals surface area contributed by atoms with Gasteiger partial charge in [0.15, 0.2) is 0 Å². The lowest BCUT2D eigenvalue weighted by Crippen LogP contribution is -2.35. The van der Waals surface area contributed by atoms with E-state index in [0.717, 1.165) is 18.4 Å². The second-order valence-electron chi connectivity index (χ2n) is 7.11. The van der Waals surface area contributed by atoms with Gasteiger partial charge in [-0.2, -0.15) is 0 Å². The van der Waals surface area contributed by atoms with Gasteiger partial charge in [0.2, 0.25) is 11.8 Å². The van der Waals surface area contributed by atoms with Crippen molar-refractivity contribution < 1.29 is 19.2 Å². The molecule has 2 unspecified atom stereocenters. The molecular formula is C18H20N2O4. The molecule has 4 aliphatic rings. The van der Waals surface area contributed by atoms with Crippen LogP contribution in [0.1, 0.15) is 38.5 Å². The van der Waals surface area contributed by atoms with E-state index in [2.05, 4.69) is 0 Å². The number of fused-ring (bicyclic) bond motifs is 1. The number of imide groups is 2. The van der Waals surface area contributed by atoms with Crippen molar-refractivity contribution in [2.75, 3.05) is 13.6 Å². The normalized spacial score (nSPS) is 30.1. The minimum Gasteiger partial charge on any atom is -0.285 e. The molecule has 1 fully saturated rings. The van der Waals surface area contributed by atoms with E-state index in [1.807, 2.05) is 6.08 Å². The molecule has 2 aliphatic heterocycles. The fourth-order valence-corrected chi connectivity index (χ4v) is 4.38. The highest BCUT2D eigenvalue weighted by atomic mass is 16.2. The molecule has 0 aromatic heterocycles. The van der Waals surface area contributed by atoms with E-state index in [0.29, 0.717) is 36.8 Å². The molecule has 4 rings (SSSR count). The van der Waals surface area contributed by atoms with E-state index in [1.54, 1.807) is 0 Å². The number of carbonyl (C=O) groups excluding carboxylic acids is 4. The topological polar surface area (TPSA) is 74.8 Å². The lowest BCUT2D eigenvalue weighted by atomic mass is 9.81. The number of nitrogens with zero attached hydrogens (tertiary/aromatic N) is 2. The van der Waals surface area contributed by atoms with Crippen LogP contribution in [0.15, 0.2) is 22.8 Å². The Morgan fingerprint density at radius 3 is 2.17 bits per heavy atom. The zero-order valence-corrected chi connectivity index (χ0v) is 13.7. The highest BCUT2D eigenvalue weighted by molar-refractivity contribution is 6.19. The summed E-state index contributed by atoms with van der Waals surface area (Å²) in [6.45, 7) is 0.249. The molecule has 2 atom stereocenters. The van der Waals surface area contributed by atoms with Gasteiger partial charge < -0.3 is 0 Å². The van der Waals surface area contributed by atoms with E-state index in [9.17, 15) is 19.2 Å². The smallest absolute Gasteiger partial charge is 0.257 e. The van der Waals surface area contributed by atoms with Gasteiger partial charge in [0.25, 0.3) is 11.8 Å². The van der Waals surface area contributed by atoms with Crippen LogP contribution in [0.2, 0.25) is 0 Å². The summed E-state index contributed by atoms with van der Waals surface area (Å²) < 4.78 is 0. The van der Waals surface area contributed by atoms with Crippen molar-refractivity contribution in [3.63, 3.8) is 0 Å². The Morgan fingerprint density at radius 1 is 0.958 bits per heavy atom. The first-order chi connectivity index (χ1) is 11.5. The standard InChI is InChI=1S/C18H20N2O4/c1-19-15(21)13-7-6-10(8-14(13)16(19)22)9-20-17(23)11-4-2-3-5-12(11)18(20)24/h6,13-14H,2-5,7-9H2,1H3. The molecular weight excluding hydrogens is 308 g/mol. The SMILES string of the molecule is CN1C(=O)C2CC=C(CN3C(=O)C4=C(CCCC4)C3=O)CC2C1=O. The first-order valence-corrected chi connectivity index (χ1v) is 8.56. The Bertz CT molecular complexity index is 705. The third kappa shape index (κ3) is 2.08. The van der Waals surface area contributed by atoms with Gasteiger partial charge in [0.1, 0.15) is 0 Å². The molecule has 2 heterocycles. The summed E-state index contributed by atoms with van der Waals surface area (Å²) in [6.07, 6.45) is 6.21. The first kappa shape index (κ1) is 15.3. The summed E-state index contributed by atoms with van der Waals surface area (Å²) in [5.74, 6) is -1.20. The highest BCUT2D eigenvalue weighted by Crippen LogP contribution is 2.39. The van der Waals surface area contributed by atoms with Gasteiger partial charge in [-0.05, 0) is 38.5 Å². The van der Waals surface area contributed by atoms with Crippen LogP contribution in [0.5, 0.6) is 0 Å². The van der Waals surface area contributed by atoms with Crippen LogP contribution in [0.4, 0.5) is 0 Å². The fourth-order valence-electron chi connectivity index (χ4n) is 4.38. The van der Waals surface area contributed by atoms with Crippen LogP contribution < -0.4 is 0 Å². The predicted molar refractivity (Wildman–Crippen MR) is 84.3 cm³/mol. The van der Waals surface area contributed by atoms with Crippen molar-refractivity contribution >= 4 is 23.6 Å². The average molecular weight is 328 g/mol. The van der Waals surface area contributed by atoms with E-state index < -0.39 is 0 Å². The molecule has 126 valence electrons. The molecule has 1 saturated heterocycles. The summed E-state index contributed by atoms with van der Waals surface area (Å²) in [7, 11) is 1.52. The van der Waals surface area contributed by atoms with Crippen LogP contribution in [-0.2, 0) is 19.2 Å². The first-order valence-electron chi connectivity index (χ1n) is 8.56. The minimum atomic E-state index is -0.335. The number of carbonyl (C=O) groups is 4. The quantitative estimate of drug-likeness (QED) is 0.563. The Kier molecular flexibility index (Phi) is 3.44. The van der Waals surface area contributed by atoms with Crippen LogP contribution in [0, 0.1) is 11.8 Å². The summed E-state index contributed by atoms with van der Waals surface area (Å²) in [5.41, 5.74) is 2.29. The largest absolute Gasteiger partial charge is 0.285 e. The van der Waals surface area contributed by atoms with Crippen molar-refractivity contribution in [2.45, 2.75) is 38.5 Å². The van der Waals surface area contributed by atoms with Crippen LogP contribution in [0.25, 0.3) is 0 Å². The maximum atomic E-state index is 12.5. The molecule has 0 aromatic carbocycles. The Hall–Kier alpha value is -2.24. The van der Waals surface area contributed by atoms with E-state index in [-0.39, 0.29) is 42.0 Å². The molecule has 0 aromatic rings. The minimum absolute atomic E-state index is 0.120. The molecule has 24 heavy (non-hydrogen) atoms. The Labute approximate surface area is 140 Å². The summed E-state index contributed by atoms with van der Waals surface area (Å²) in [5, 5.41) is 0. The Balaban J connectivity index is 1.50. The molecule has 6 heteroatoms. The molecule has 0 bridgehead atoms. The third-order valence-corrected chi connectivity index (χ3v) is 5.76.